The summed E-state index contributed by atoms with van der Waals surface area (Å²) in [7, 11) is 1.22. The van der Waals surface area contributed by atoms with Gasteiger partial charge in [0.1, 0.15) is 0 Å². The summed E-state index contributed by atoms with van der Waals surface area (Å²) in [5, 5.41) is 13.3. The third kappa shape index (κ3) is 3.16. The van der Waals surface area contributed by atoms with Gasteiger partial charge in [-0.15, -0.1) is 0 Å². The molecule has 0 aliphatic carbocycles. The lowest BCUT2D eigenvalue weighted by atomic mass is 10.2. The first kappa shape index (κ1) is 14.5. The number of anilines is 1. The number of ether oxygens (including phenoxy) is 1. The Morgan fingerprint density at radius 2 is 2.24 bits per heavy atom. The van der Waals surface area contributed by atoms with Gasteiger partial charge in [0.25, 0.3) is 5.69 Å². The van der Waals surface area contributed by atoms with Crippen LogP contribution in [-0.4, -0.2) is 18.0 Å². The van der Waals surface area contributed by atoms with Crippen molar-refractivity contribution >= 4 is 17.3 Å². The van der Waals surface area contributed by atoms with Crippen LogP contribution in [0.15, 0.2) is 34.9 Å². The standard InChI is InChI=1S/C13H11FN2O5/c1-20-13(17)12-8(4-5-21-12)7-15-11-3-2-9(16(18)19)6-10(11)14/h2-6,15H,7H2,1H3. The summed E-state index contributed by atoms with van der Waals surface area (Å²) < 4.78 is 23.2. The summed E-state index contributed by atoms with van der Waals surface area (Å²) in [5.74, 6) is -1.37. The van der Waals surface area contributed by atoms with Crippen LogP contribution >= 0.6 is 0 Å². The van der Waals surface area contributed by atoms with Crippen molar-refractivity contribution in [2.24, 2.45) is 0 Å². The molecule has 1 N–H and O–H groups in total. The van der Waals surface area contributed by atoms with E-state index < -0.39 is 16.7 Å². The van der Waals surface area contributed by atoms with Crippen LogP contribution in [0.2, 0.25) is 0 Å². The second-order valence-electron chi connectivity index (χ2n) is 4.04. The highest BCUT2D eigenvalue weighted by atomic mass is 19.1. The first-order valence-electron chi connectivity index (χ1n) is 5.85. The van der Waals surface area contributed by atoms with Crippen LogP contribution < -0.4 is 5.32 Å². The SMILES string of the molecule is COC(=O)c1occc1CNc1ccc([N+](=O)[O-])cc1F. The molecular weight excluding hydrogens is 283 g/mol. The van der Waals surface area contributed by atoms with Gasteiger partial charge in [-0.25, -0.2) is 9.18 Å². The number of esters is 1. The largest absolute Gasteiger partial charge is 0.463 e. The molecule has 7 nitrogen and oxygen atoms in total. The lowest BCUT2D eigenvalue weighted by Gasteiger charge is -2.07. The van der Waals surface area contributed by atoms with Crippen LogP contribution in [0.3, 0.4) is 0 Å². The summed E-state index contributed by atoms with van der Waals surface area (Å²) in [5.41, 5.74) is 0.230. The third-order valence-corrected chi connectivity index (χ3v) is 2.75. The smallest absolute Gasteiger partial charge is 0.374 e. The molecule has 21 heavy (non-hydrogen) atoms. The zero-order valence-electron chi connectivity index (χ0n) is 11.0. The van der Waals surface area contributed by atoms with Crippen LogP contribution in [0.5, 0.6) is 0 Å². The van der Waals surface area contributed by atoms with Crippen molar-refractivity contribution in [1.82, 2.24) is 0 Å². The second kappa shape index (κ2) is 6.04. The van der Waals surface area contributed by atoms with E-state index in [0.29, 0.717) is 5.56 Å². The molecule has 8 heteroatoms. The number of nitro benzene ring substituents is 1. The number of carbonyl (C=O) groups is 1. The molecule has 0 aliphatic rings. The van der Waals surface area contributed by atoms with E-state index in [1.165, 1.54) is 25.5 Å². The molecule has 0 saturated carbocycles. The molecule has 0 radical (unpaired) electrons. The van der Waals surface area contributed by atoms with Gasteiger partial charge in [0.2, 0.25) is 5.76 Å². The fraction of sp³-hybridized carbons (Fsp3) is 0.154. The average Bonchev–Trinajstić information content (AvgIpc) is 2.93. The van der Waals surface area contributed by atoms with Crippen molar-refractivity contribution in [2.45, 2.75) is 6.54 Å². The number of hydrogen-bond donors (Lipinski definition) is 1. The number of carbonyl (C=O) groups excluding carboxylic acids is 1. The van der Waals surface area contributed by atoms with Crippen molar-refractivity contribution in [3.05, 3.63) is 57.8 Å². The minimum atomic E-state index is -0.757. The van der Waals surface area contributed by atoms with Gasteiger partial charge >= 0.3 is 5.97 Å². The monoisotopic (exact) mass is 294 g/mol. The number of methoxy groups -OCH3 is 1. The maximum absolute atomic E-state index is 13.7. The quantitative estimate of drug-likeness (QED) is 0.517. The average molecular weight is 294 g/mol. The van der Waals surface area contributed by atoms with Gasteiger partial charge in [0, 0.05) is 18.2 Å². The van der Waals surface area contributed by atoms with Crippen molar-refractivity contribution in [2.75, 3.05) is 12.4 Å². The first-order valence-corrected chi connectivity index (χ1v) is 5.85. The molecule has 0 fully saturated rings. The van der Waals surface area contributed by atoms with Crippen molar-refractivity contribution < 1.29 is 23.3 Å². The molecule has 0 unspecified atom stereocenters. The number of benzene rings is 1. The lowest BCUT2D eigenvalue weighted by molar-refractivity contribution is -0.385. The fourth-order valence-corrected chi connectivity index (χ4v) is 1.70. The van der Waals surface area contributed by atoms with Crippen LogP contribution in [-0.2, 0) is 11.3 Å². The Hall–Kier alpha value is -2.90. The van der Waals surface area contributed by atoms with Crippen molar-refractivity contribution in [3.63, 3.8) is 0 Å². The summed E-state index contributed by atoms with van der Waals surface area (Å²) in [4.78, 5) is 21.2. The summed E-state index contributed by atoms with van der Waals surface area (Å²) in [6, 6.07) is 4.80. The highest BCUT2D eigenvalue weighted by Gasteiger charge is 2.16. The Morgan fingerprint density at radius 1 is 1.48 bits per heavy atom. The topological polar surface area (TPSA) is 94.6 Å². The van der Waals surface area contributed by atoms with Gasteiger partial charge in [-0.2, -0.15) is 0 Å². The van der Waals surface area contributed by atoms with Crippen LogP contribution in [0, 0.1) is 15.9 Å². The number of nitro groups is 1. The molecule has 2 rings (SSSR count). The van der Waals surface area contributed by atoms with Gasteiger partial charge in [-0.05, 0) is 12.1 Å². The molecule has 1 heterocycles. The minimum Gasteiger partial charge on any atom is -0.463 e. The fourth-order valence-electron chi connectivity index (χ4n) is 1.70. The Balaban J connectivity index is 2.12. The third-order valence-electron chi connectivity index (χ3n) is 2.75. The van der Waals surface area contributed by atoms with Crippen LogP contribution in [0.1, 0.15) is 16.1 Å². The summed E-state index contributed by atoms with van der Waals surface area (Å²) in [6.45, 7) is 0.107. The predicted molar refractivity (Wildman–Crippen MR) is 70.4 cm³/mol. The molecule has 2 aromatic rings. The molecule has 0 atom stereocenters. The minimum absolute atomic E-state index is 0.0207. The Kier molecular flexibility index (Phi) is 4.17. The molecule has 0 saturated heterocycles. The molecule has 0 aliphatic heterocycles. The van der Waals surface area contributed by atoms with Gasteiger partial charge in [-0.1, -0.05) is 0 Å². The first-order chi connectivity index (χ1) is 10.0. The highest BCUT2D eigenvalue weighted by molar-refractivity contribution is 5.87. The number of rotatable bonds is 5. The van der Waals surface area contributed by atoms with E-state index in [-0.39, 0.29) is 23.7 Å². The van der Waals surface area contributed by atoms with Gasteiger partial charge < -0.3 is 14.5 Å². The summed E-state index contributed by atoms with van der Waals surface area (Å²) >= 11 is 0. The maximum atomic E-state index is 13.7. The Bertz CT molecular complexity index is 683. The van der Waals surface area contributed by atoms with E-state index in [4.69, 9.17) is 4.42 Å². The van der Waals surface area contributed by atoms with E-state index in [9.17, 15) is 19.3 Å². The van der Waals surface area contributed by atoms with Gasteiger partial charge in [0.15, 0.2) is 5.82 Å². The Morgan fingerprint density at radius 3 is 2.86 bits per heavy atom. The van der Waals surface area contributed by atoms with Crippen molar-refractivity contribution in [3.8, 4) is 0 Å². The van der Waals surface area contributed by atoms with Crippen LogP contribution in [0.4, 0.5) is 15.8 Å². The molecule has 0 spiro atoms. The van der Waals surface area contributed by atoms with E-state index in [1.807, 2.05) is 0 Å². The zero-order valence-corrected chi connectivity index (χ0v) is 11.0. The zero-order chi connectivity index (χ0) is 15.4. The molecule has 0 amide bonds. The number of nitrogens with one attached hydrogen (secondary N) is 1. The Labute approximate surface area is 118 Å². The molecule has 1 aromatic carbocycles. The van der Waals surface area contributed by atoms with E-state index in [2.05, 4.69) is 10.1 Å². The summed E-state index contributed by atoms with van der Waals surface area (Å²) in [6.07, 6.45) is 1.31. The highest BCUT2D eigenvalue weighted by Crippen LogP contribution is 2.22. The van der Waals surface area contributed by atoms with Gasteiger partial charge in [-0.3, -0.25) is 10.1 Å². The van der Waals surface area contributed by atoms with Crippen LogP contribution in [0.25, 0.3) is 0 Å². The van der Waals surface area contributed by atoms with Crippen molar-refractivity contribution in [1.29, 1.82) is 0 Å². The van der Waals surface area contributed by atoms with E-state index in [1.54, 1.807) is 6.07 Å². The lowest BCUT2D eigenvalue weighted by Crippen LogP contribution is -2.07. The number of nitrogens with zero attached hydrogens (tertiary/aromatic N) is 1. The number of furan rings is 1. The second-order valence-corrected chi connectivity index (χ2v) is 4.04. The number of hydrogen-bond acceptors (Lipinski definition) is 6. The molecule has 0 bridgehead atoms. The molecular formula is C13H11FN2O5. The number of non-ortho nitro benzene ring substituents is 1. The molecule has 110 valence electrons. The normalized spacial score (nSPS) is 10.2. The predicted octanol–water partition coefficient (Wildman–Crippen LogP) is 2.73. The number of halogens is 1. The maximum Gasteiger partial charge on any atom is 0.374 e. The van der Waals surface area contributed by atoms with Gasteiger partial charge in [0.05, 0.1) is 30.1 Å². The van der Waals surface area contributed by atoms with E-state index in [0.717, 1.165) is 6.07 Å². The van der Waals surface area contributed by atoms with E-state index >= 15 is 0 Å². The molecule has 1 aromatic heterocycles.